The van der Waals surface area contributed by atoms with E-state index in [9.17, 15) is 8.78 Å². The highest BCUT2D eigenvalue weighted by Crippen LogP contribution is 2.24. The molecule has 0 saturated carbocycles. The fraction of sp³-hybridized carbons (Fsp3) is 0.400. The van der Waals surface area contributed by atoms with E-state index < -0.39 is 6.61 Å². The van der Waals surface area contributed by atoms with Crippen LogP contribution in [0.3, 0.4) is 0 Å². The van der Waals surface area contributed by atoms with Gasteiger partial charge in [-0.3, -0.25) is 9.58 Å². The second kappa shape index (κ2) is 6.31. The van der Waals surface area contributed by atoms with Gasteiger partial charge in [0.25, 0.3) is 0 Å². The normalized spacial score (nSPS) is 20.2. The molecule has 2 atom stereocenters. The van der Waals surface area contributed by atoms with Gasteiger partial charge in [0.1, 0.15) is 18.1 Å². The van der Waals surface area contributed by atoms with Crippen LogP contribution in [0.15, 0.2) is 36.7 Å². The number of hydrogen-bond acceptors (Lipinski definition) is 4. The molecule has 3 rings (SSSR count). The number of ether oxygens (including phenoxy) is 2. The molecular formula is C15H17F2N3O2. The lowest BCUT2D eigenvalue weighted by Crippen LogP contribution is -2.11. The minimum absolute atomic E-state index is 0.107. The van der Waals surface area contributed by atoms with Crippen LogP contribution in [0.2, 0.25) is 0 Å². The number of nitrogens with zero attached hydrogens (tertiary/aromatic N) is 3. The summed E-state index contributed by atoms with van der Waals surface area (Å²) in [6.07, 6.45) is 3.84. The Bertz CT molecular complexity index is 633. The average Bonchev–Trinajstić information content (AvgIpc) is 3.07. The SMILES string of the molecule is Cn1cc(CN2CC2COc2cccc(OC(F)F)c2)cn1. The monoisotopic (exact) mass is 309 g/mol. The standard InChI is InChI=1S/C15H17F2N3O2/c1-19-7-11(6-18-19)8-20-9-12(20)10-21-13-3-2-4-14(5-13)22-15(16)17/h2-7,12,15H,8-10H2,1H3. The molecule has 1 saturated heterocycles. The predicted octanol–water partition coefficient (Wildman–Crippen LogP) is 2.28. The lowest BCUT2D eigenvalue weighted by atomic mass is 10.3. The fourth-order valence-electron chi connectivity index (χ4n) is 2.30. The molecule has 1 aromatic carbocycles. The Morgan fingerprint density at radius 1 is 1.36 bits per heavy atom. The lowest BCUT2D eigenvalue weighted by Gasteiger charge is -2.09. The second-order valence-corrected chi connectivity index (χ2v) is 5.27. The van der Waals surface area contributed by atoms with Crippen LogP contribution in [0.4, 0.5) is 8.78 Å². The molecule has 2 aromatic rings. The summed E-state index contributed by atoms with van der Waals surface area (Å²) in [5.41, 5.74) is 1.16. The molecule has 22 heavy (non-hydrogen) atoms. The molecule has 7 heteroatoms. The summed E-state index contributed by atoms with van der Waals surface area (Å²) in [6.45, 7) is -0.495. The van der Waals surface area contributed by atoms with Gasteiger partial charge in [-0.05, 0) is 12.1 Å². The van der Waals surface area contributed by atoms with Crippen LogP contribution in [0.5, 0.6) is 11.5 Å². The van der Waals surface area contributed by atoms with Gasteiger partial charge < -0.3 is 9.47 Å². The van der Waals surface area contributed by atoms with Crippen molar-refractivity contribution < 1.29 is 18.3 Å². The number of hydrogen-bond donors (Lipinski definition) is 0. The van der Waals surface area contributed by atoms with E-state index >= 15 is 0 Å². The summed E-state index contributed by atoms with van der Waals surface area (Å²) >= 11 is 0. The summed E-state index contributed by atoms with van der Waals surface area (Å²) < 4.78 is 36.1. The highest BCUT2D eigenvalue weighted by atomic mass is 19.3. The molecule has 0 bridgehead atoms. The van der Waals surface area contributed by atoms with Crippen LogP contribution in [0.25, 0.3) is 0 Å². The molecule has 0 aliphatic carbocycles. The van der Waals surface area contributed by atoms with Crippen LogP contribution in [-0.2, 0) is 13.6 Å². The van der Waals surface area contributed by atoms with Gasteiger partial charge in [0.2, 0.25) is 0 Å². The van der Waals surface area contributed by atoms with E-state index in [4.69, 9.17) is 4.74 Å². The maximum Gasteiger partial charge on any atom is 0.387 e. The summed E-state index contributed by atoms with van der Waals surface area (Å²) in [4.78, 5) is 2.26. The maximum atomic E-state index is 12.2. The predicted molar refractivity (Wildman–Crippen MR) is 76.0 cm³/mol. The Morgan fingerprint density at radius 3 is 2.91 bits per heavy atom. The van der Waals surface area contributed by atoms with Gasteiger partial charge in [-0.25, -0.2) is 0 Å². The third-order valence-corrected chi connectivity index (χ3v) is 3.45. The Kier molecular flexibility index (Phi) is 4.24. The zero-order chi connectivity index (χ0) is 15.5. The number of benzene rings is 1. The molecule has 2 unspecified atom stereocenters. The zero-order valence-electron chi connectivity index (χ0n) is 12.2. The van der Waals surface area contributed by atoms with Crippen molar-refractivity contribution in [3.63, 3.8) is 0 Å². The van der Waals surface area contributed by atoms with Crippen molar-refractivity contribution >= 4 is 0 Å². The van der Waals surface area contributed by atoms with Crippen molar-refractivity contribution in [1.82, 2.24) is 14.7 Å². The molecule has 2 heterocycles. The first kappa shape index (κ1) is 14.8. The van der Waals surface area contributed by atoms with Gasteiger partial charge in [-0.2, -0.15) is 13.9 Å². The smallest absolute Gasteiger partial charge is 0.387 e. The summed E-state index contributed by atoms with van der Waals surface area (Å²) in [5, 5.41) is 4.13. The Balaban J connectivity index is 1.46. The van der Waals surface area contributed by atoms with Crippen LogP contribution in [0, 0.1) is 0 Å². The van der Waals surface area contributed by atoms with E-state index in [1.807, 2.05) is 19.4 Å². The van der Waals surface area contributed by atoms with E-state index in [2.05, 4.69) is 14.7 Å². The molecule has 1 aliphatic rings. The van der Waals surface area contributed by atoms with E-state index in [0.29, 0.717) is 18.4 Å². The van der Waals surface area contributed by atoms with Crippen molar-refractivity contribution in [3.8, 4) is 11.5 Å². The third-order valence-electron chi connectivity index (χ3n) is 3.45. The molecule has 1 aromatic heterocycles. The Hall–Kier alpha value is -2.15. The van der Waals surface area contributed by atoms with E-state index in [1.165, 1.54) is 12.1 Å². The van der Waals surface area contributed by atoms with Gasteiger partial charge >= 0.3 is 6.61 Å². The first-order chi connectivity index (χ1) is 10.6. The van der Waals surface area contributed by atoms with Crippen LogP contribution >= 0.6 is 0 Å². The largest absolute Gasteiger partial charge is 0.492 e. The van der Waals surface area contributed by atoms with Gasteiger partial charge in [-0.1, -0.05) is 6.07 Å². The molecule has 0 N–H and O–H groups in total. The molecular weight excluding hydrogens is 292 g/mol. The van der Waals surface area contributed by atoms with Crippen molar-refractivity contribution in [1.29, 1.82) is 0 Å². The highest BCUT2D eigenvalue weighted by Gasteiger charge is 2.34. The van der Waals surface area contributed by atoms with Gasteiger partial charge in [0, 0.05) is 38.0 Å². The zero-order valence-corrected chi connectivity index (χ0v) is 12.2. The Labute approximate surface area is 127 Å². The minimum atomic E-state index is -2.83. The minimum Gasteiger partial charge on any atom is -0.492 e. The third kappa shape index (κ3) is 3.94. The van der Waals surface area contributed by atoms with E-state index in [0.717, 1.165) is 18.7 Å². The van der Waals surface area contributed by atoms with Crippen molar-refractivity contribution in [2.45, 2.75) is 19.2 Å². The average molecular weight is 309 g/mol. The molecule has 0 amide bonds. The number of alkyl halides is 2. The molecule has 1 aliphatic heterocycles. The van der Waals surface area contributed by atoms with Gasteiger partial charge in [-0.15, -0.1) is 0 Å². The second-order valence-electron chi connectivity index (χ2n) is 5.27. The first-order valence-electron chi connectivity index (χ1n) is 6.99. The maximum absolute atomic E-state index is 12.2. The van der Waals surface area contributed by atoms with Gasteiger partial charge in [0.05, 0.1) is 12.2 Å². The molecule has 0 radical (unpaired) electrons. The molecule has 1 fully saturated rings. The van der Waals surface area contributed by atoms with Gasteiger partial charge in [0.15, 0.2) is 0 Å². The number of aromatic nitrogens is 2. The summed E-state index contributed by atoms with van der Waals surface area (Å²) in [7, 11) is 1.89. The highest BCUT2D eigenvalue weighted by molar-refractivity contribution is 5.33. The number of halogens is 2. The van der Waals surface area contributed by atoms with E-state index in [-0.39, 0.29) is 5.75 Å². The van der Waals surface area contributed by atoms with Crippen molar-refractivity contribution in [2.75, 3.05) is 13.2 Å². The lowest BCUT2D eigenvalue weighted by molar-refractivity contribution is -0.0499. The fourth-order valence-corrected chi connectivity index (χ4v) is 2.30. The number of aryl methyl sites for hydroxylation is 1. The first-order valence-corrected chi connectivity index (χ1v) is 6.99. The number of rotatable bonds is 7. The van der Waals surface area contributed by atoms with Crippen molar-refractivity contribution in [3.05, 3.63) is 42.2 Å². The van der Waals surface area contributed by atoms with Crippen LogP contribution in [-0.4, -0.2) is 40.5 Å². The summed E-state index contributed by atoms with van der Waals surface area (Å²) in [6, 6.07) is 6.66. The van der Waals surface area contributed by atoms with Crippen LogP contribution < -0.4 is 9.47 Å². The topological polar surface area (TPSA) is 39.3 Å². The van der Waals surface area contributed by atoms with Crippen molar-refractivity contribution in [2.24, 2.45) is 7.05 Å². The molecule has 0 spiro atoms. The molecule has 5 nitrogen and oxygen atoms in total. The van der Waals surface area contributed by atoms with Crippen LogP contribution in [0.1, 0.15) is 5.56 Å². The molecule has 118 valence electrons. The summed E-state index contributed by atoms with van der Waals surface area (Å²) in [5.74, 6) is 0.641. The van der Waals surface area contributed by atoms with E-state index in [1.54, 1.807) is 16.8 Å². The Morgan fingerprint density at radius 2 is 2.18 bits per heavy atom. The quantitative estimate of drug-likeness (QED) is 0.736.